The topological polar surface area (TPSA) is 37.3 Å². The highest BCUT2D eigenvalue weighted by molar-refractivity contribution is 5.70. The third-order valence-electron chi connectivity index (χ3n) is 3.15. The van der Waals surface area contributed by atoms with E-state index in [1.54, 1.807) is 0 Å². The summed E-state index contributed by atoms with van der Waals surface area (Å²) in [5, 5.41) is 8.71. The Labute approximate surface area is 66.6 Å². The third kappa shape index (κ3) is 1.26. The lowest BCUT2D eigenvalue weighted by molar-refractivity contribution is -0.141. The minimum atomic E-state index is -0.613. The van der Waals surface area contributed by atoms with Crippen molar-refractivity contribution in [3.8, 4) is 0 Å². The van der Waals surface area contributed by atoms with E-state index in [4.69, 9.17) is 5.11 Å². The molecule has 3 unspecified atom stereocenters. The van der Waals surface area contributed by atoms with E-state index in [-0.39, 0.29) is 5.92 Å². The standard InChI is InChI=1S/C9H14O2/c1-5(9(10)11)7-4-8(7)6-2-3-6/h5-8H,2-4H2,1H3,(H,10,11). The van der Waals surface area contributed by atoms with Crippen molar-refractivity contribution in [3.63, 3.8) is 0 Å². The number of aliphatic carboxylic acids is 1. The zero-order valence-electron chi connectivity index (χ0n) is 6.79. The second-order valence-electron chi connectivity index (χ2n) is 4.03. The first-order chi connectivity index (χ1) is 5.20. The van der Waals surface area contributed by atoms with Gasteiger partial charge < -0.3 is 5.11 Å². The largest absolute Gasteiger partial charge is 0.481 e. The fraction of sp³-hybridized carbons (Fsp3) is 0.889. The van der Waals surface area contributed by atoms with E-state index in [9.17, 15) is 4.79 Å². The number of hydrogen-bond donors (Lipinski definition) is 1. The highest BCUT2D eigenvalue weighted by Gasteiger charge is 2.51. The van der Waals surface area contributed by atoms with E-state index in [0.717, 1.165) is 11.8 Å². The lowest BCUT2D eigenvalue weighted by Crippen LogP contribution is -2.12. The minimum absolute atomic E-state index is 0.0967. The number of carbonyl (C=O) groups is 1. The molecule has 0 aliphatic heterocycles. The average molecular weight is 154 g/mol. The molecule has 3 atom stereocenters. The molecule has 2 rings (SSSR count). The molecule has 2 heteroatoms. The Morgan fingerprint density at radius 1 is 1.55 bits per heavy atom. The molecule has 0 bridgehead atoms. The summed E-state index contributed by atoms with van der Waals surface area (Å²) in [6.07, 6.45) is 3.89. The van der Waals surface area contributed by atoms with E-state index in [2.05, 4.69) is 0 Å². The zero-order valence-corrected chi connectivity index (χ0v) is 6.79. The molecule has 2 aliphatic carbocycles. The molecule has 2 nitrogen and oxygen atoms in total. The van der Waals surface area contributed by atoms with E-state index in [1.165, 1.54) is 19.3 Å². The van der Waals surface area contributed by atoms with Crippen LogP contribution in [0.15, 0.2) is 0 Å². The Morgan fingerprint density at radius 2 is 2.18 bits per heavy atom. The van der Waals surface area contributed by atoms with Crippen LogP contribution in [0, 0.1) is 23.7 Å². The van der Waals surface area contributed by atoms with Gasteiger partial charge in [-0.15, -0.1) is 0 Å². The summed E-state index contributed by atoms with van der Waals surface area (Å²) in [6, 6.07) is 0. The number of carboxylic acid groups (broad SMARTS) is 1. The Balaban J connectivity index is 1.84. The van der Waals surface area contributed by atoms with Gasteiger partial charge in [0.2, 0.25) is 0 Å². The Kier molecular flexibility index (Phi) is 1.44. The van der Waals surface area contributed by atoms with E-state index in [1.807, 2.05) is 6.92 Å². The molecular weight excluding hydrogens is 140 g/mol. The van der Waals surface area contributed by atoms with Gasteiger partial charge in [-0.2, -0.15) is 0 Å². The predicted molar refractivity (Wildman–Crippen MR) is 41.1 cm³/mol. The molecule has 2 saturated carbocycles. The van der Waals surface area contributed by atoms with Crippen molar-refractivity contribution in [2.45, 2.75) is 26.2 Å². The maximum atomic E-state index is 10.6. The van der Waals surface area contributed by atoms with Gasteiger partial charge in [0.15, 0.2) is 0 Å². The monoisotopic (exact) mass is 154 g/mol. The molecule has 0 aromatic rings. The van der Waals surface area contributed by atoms with Crippen LogP contribution in [-0.4, -0.2) is 11.1 Å². The Morgan fingerprint density at radius 3 is 2.64 bits per heavy atom. The van der Waals surface area contributed by atoms with Gasteiger partial charge in [0, 0.05) is 0 Å². The summed E-state index contributed by atoms with van der Waals surface area (Å²) >= 11 is 0. The molecule has 1 N–H and O–H groups in total. The highest BCUT2D eigenvalue weighted by Crippen LogP contribution is 2.57. The van der Waals surface area contributed by atoms with Crippen molar-refractivity contribution >= 4 is 5.97 Å². The molecule has 2 aliphatic rings. The first-order valence-electron chi connectivity index (χ1n) is 4.43. The van der Waals surface area contributed by atoms with Crippen molar-refractivity contribution in [1.82, 2.24) is 0 Å². The second kappa shape index (κ2) is 2.23. The van der Waals surface area contributed by atoms with Crippen molar-refractivity contribution in [1.29, 1.82) is 0 Å². The minimum Gasteiger partial charge on any atom is -0.481 e. The number of rotatable bonds is 3. The van der Waals surface area contributed by atoms with Gasteiger partial charge in [0.25, 0.3) is 0 Å². The number of carboxylic acids is 1. The van der Waals surface area contributed by atoms with Gasteiger partial charge in [0.1, 0.15) is 0 Å². The van der Waals surface area contributed by atoms with Gasteiger partial charge in [-0.1, -0.05) is 6.92 Å². The normalized spacial score (nSPS) is 38.3. The first-order valence-corrected chi connectivity index (χ1v) is 4.43. The molecular formula is C9H14O2. The molecule has 0 heterocycles. The van der Waals surface area contributed by atoms with Crippen LogP contribution in [0.5, 0.6) is 0 Å². The molecule has 2 fully saturated rings. The number of hydrogen-bond acceptors (Lipinski definition) is 1. The van der Waals surface area contributed by atoms with Gasteiger partial charge in [-0.3, -0.25) is 4.79 Å². The Hall–Kier alpha value is -0.530. The van der Waals surface area contributed by atoms with Gasteiger partial charge in [-0.05, 0) is 37.0 Å². The molecule has 0 aromatic carbocycles. The summed E-state index contributed by atoms with van der Waals surface area (Å²) in [5.41, 5.74) is 0. The van der Waals surface area contributed by atoms with E-state index < -0.39 is 5.97 Å². The molecule has 0 aromatic heterocycles. The summed E-state index contributed by atoms with van der Waals surface area (Å²) in [6.45, 7) is 1.84. The maximum absolute atomic E-state index is 10.6. The summed E-state index contributed by atoms with van der Waals surface area (Å²) in [7, 11) is 0. The van der Waals surface area contributed by atoms with Crippen molar-refractivity contribution in [3.05, 3.63) is 0 Å². The lowest BCUT2D eigenvalue weighted by Gasteiger charge is -2.02. The van der Waals surface area contributed by atoms with Crippen LogP contribution in [0.3, 0.4) is 0 Å². The fourth-order valence-corrected chi connectivity index (χ4v) is 2.06. The summed E-state index contributed by atoms with van der Waals surface area (Å²) < 4.78 is 0. The molecule has 0 amide bonds. The lowest BCUT2D eigenvalue weighted by atomic mass is 10.0. The van der Waals surface area contributed by atoms with Crippen LogP contribution < -0.4 is 0 Å². The molecule has 0 spiro atoms. The molecule has 62 valence electrons. The van der Waals surface area contributed by atoms with Crippen LogP contribution in [0.25, 0.3) is 0 Å². The molecule has 11 heavy (non-hydrogen) atoms. The van der Waals surface area contributed by atoms with Crippen LogP contribution in [0.4, 0.5) is 0 Å². The van der Waals surface area contributed by atoms with Gasteiger partial charge in [-0.25, -0.2) is 0 Å². The Bertz CT molecular complexity index is 184. The quantitative estimate of drug-likeness (QED) is 0.672. The van der Waals surface area contributed by atoms with Crippen molar-refractivity contribution < 1.29 is 9.90 Å². The van der Waals surface area contributed by atoms with Crippen LogP contribution in [0.2, 0.25) is 0 Å². The van der Waals surface area contributed by atoms with E-state index in [0.29, 0.717) is 5.92 Å². The predicted octanol–water partition coefficient (Wildman–Crippen LogP) is 1.75. The SMILES string of the molecule is CC(C(=O)O)C1CC1C1CC1. The smallest absolute Gasteiger partial charge is 0.306 e. The van der Waals surface area contributed by atoms with Crippen LogP contribution in [0.1, 0.15) is 26.2 Å². The fourth-order valence-electron chi connectivity index (χ4n) is 2.06. The highest BCUT2D eigenvalue weighted by atomic mass is 16.4. The second-order valence-corrected chi connectivity index (χ2v) is 4.03. The van der Waals surface area contributed by atoms with Crippen LogP contribution in [-0.2, 0) is 4.79 Å². The van der Waals surface area contributed by atoms with E-state index >= 15 is 0 Å². The molecule has 0 saturated heterocycles. The van der Waals surface area contributed by atoms with Gasteiger partial charge >= 0.3 is 5.97 Å². The summed E-state index contributed by atoms with van der Waals surface area (Å²) in [5.74, 6) is 1.49. The van der Waals surface area contributed by atoms with Crippen LogP contribution >= 0.6 is 0 Å². The average Bonchev–Trinajstić information content (AvgIpc) is 2.79. The zero-order chi connectivity index (χ0) is 8.01. The van der Waals surface area contributed by atoms with Gasteiger partial charge in [0.05, 0.1) is 5.92 Å². The van der Waals surface area contributed by atoms with Crippen molar-refractivity contribution in [2.75, 3.05) is 0 Å². The van der Waals surface area contributed by atoms with Crippen molar-refractivity contribution in [2.24, 2.45) is 23.7 Å². The molecule has 0 radical (unpaired) electrons. The maximum Gasteiger partial charge on any atom is 0.306 e. The first kappa shape index (κ1) is 7.14. The summed E-state index contributed by atoms with van der Waals surface area (Å²) in [4.78, 5) is 10.6. The third-order valence-corrected chi connectivity index (χ3v) is 3.15.